The number of rotatable bonds is 6. The molecule has 278 valence electrons. The van der Waals surface area contributed by atoms with Crippen LogP contribution in [-0.2, 0) is 27.2 Å². The number of aliphatic hydroxyl groups is 1. The number of aromatic hydroxyl groups is 1. The van der Waals surface area contributed by atoms with Crippen LogP contribution in [0.25, 0.3) is 22.2 Å². The Balaban J connectivity index is 0.925. The van der Waals surface area contributed by atoms with E-state index in [1.807, 2.05) is 24.4 Å². The van der Waals surface area contributed by atoms with E-state index in [2.05, 4.69) is 21.2 Å². The molecule has 0 amide bonds. The summed E-state index contributed by atoms with van der Waals surface area (Å²) < 4.78 is 24.3. The van der Waals surface area contributed by atoms with Crippen LogP contribution in [0.5, 0.6) is 11.5 Å². The molecule has 14 nitrogen and oxygen atoms in total. The molecule has 0 saturated carbocycles. The molecule has 5 aliphatic heterocycles. The number of anilines is 2. The number of aryl methyl sites for hydroxylation is 2. The SMILES string of the molecule is Cc1cc(=O)c2c(O)c3c(cc2o1)OC(C)(C)[C@@H]1OC(=O)[C@]2(CC[C@@H](O)[C@@H]31)O[C@@H]2CCc1cc(N)nc(-c2cc(N)nc(C[NH+]3C=C4C=CN=C4C3)c2)c1. The van der Waals surface area contributed by atoms with Crippen LogP contribution < -0.4 is 26.5 Å². The maximum atomic E-state index is 14.0. The minimum absolute atomic E-state index is 0.0201. The van der Waals surface area contributed by atoms with Gasteiger partial charge in [0.1, 0.15) is 70.5 Å². The predicted molar refractivity (Wildman–Crippen MR) is 198 cm³/mol. The highest BCUT2D eigenvalue weighted by Gasteiger charge is 2.66. The molecule has 54 heavy (non-hydrogen) atoms. The number of phenolic OH excluding ortho intramolecular Hbond substituents is 1. The first-order chi connectivity index (χ1) is 25.8. The maximum Gasteiger partial charge on any atom is 0.341 e. The average Bonchev–Trinajstić information content (AvgIpc) is 3.43. The van der Waals surface area contributed by atoms with E-state index in [1.165, 1.54) is 11.0 Å². The number of phenols is 1. The van der Waals surface area contributed by atoms with Crippen LogP contribution in [-0.4, -0.2) is 67.9 Å². The molecular weight excluding hydrogens is 692 g/mol. The number of nitrogens with one attached hydrogen (secondary N) is 1. The molecule has 7 N–H and O–H groups in total. The number of pyridine rings is 2. The summed E-state index contributed by atoms with van der Waals surface area (Å²) in [6.07, 6.45) is 4.88. The third-order valence-electron chi connectivity index (χ3n) is 11.2. The average molecular weight is 734 g/mol. The molecule has 2 fully saturated rings. The van der Waals surface area contributed by atoms with Gasteiger partial charge in [-0.3, -0.25) is 14.7 Å². The van der Waals surface area contributed by atoms with Gasteiger partial charge in [-0.2, -0.15) is 0 Å². The summed E-state index contributed by atoms with van der Waals surface area (Å²) in [4.78, 5) is 41.7. The fraction of sp³-hybridized carbons (Fsp3) is 0.375. The molecule has 5 aliphatic rings. The van der Waals surface area contributed by atoms with Crippen LogP contribution >= 0.6 is 0 Å². The molecule has 2 saturated heterocycles. The van der Waals surface area contributed by atoms with Gasteiger partial charge >= 0.3 is 5.97 Å². The fourth-order valence-electron chi connectivity index (χ4n) is 8.67. The smallest absolute Gasteiger partial charge is 0.341 e. The number of carbonyl (C=O) groups is 1. The van der Waals surface area contributed by atoms with E-state index in [4.69, 9.17) is 30.1 Å². The van der Waals surface area contributed by atoms with Gasteiger partial charge < -0.3 is 40.3 Å². The summed E-state index contributed by atoms with van der Waals surface area (Å²) in [5, 5.41) is 23.1. The van der Waals surface area contributed by atoms with Gasteiger partial charge in [0.15, 0.2) is 17.1 Å². The normalized spacial score (nSPS) is 27.6. The van der Waals surface area contributed by atoms with Crippen LogP contribution in [0.1, 0.15) is 61.6 Å². The summed E-state index contributed by atoms with van der Waals surface area (Å²) in [5.74, 6) is -0.398. The Labute approximate surface area is 309 Å². The number of nitrogens with zero attached hydrogens (tertiary/aromatic N) is 3. The molecule has 1 unspecified atom stereocenters. The second kappa shape index (κ2) is 12.2. The van der Waals surface area contributed by atoms with Crippen LogP contribution in [0, 0.1) is 6.92 Å². The summed E-state index contributed by atoms with van der Waals surface area (Å²) in [7, 11) is 0. The Kier molecular flexibility index (Phi) is 7.75. The highest BCUT2D eigenvalue weighted by Crippen LogP contribution is 2.54. The Morgan fingerprint density at radius 3 is 2.69 bits per heavy atom. The molecule has 9 rings (SSSR count). The number of carbonyl (C=O) groups excluding carboxylic acids is 1. The topological polar surface area (TPSA) is 213 Å². The lowest BCUT2D eigenvalue weighted by Gasteiger charge is -2.47. The number of benzene rings is 1. The third kappa shape index (κ3) is 5.72. The van der Waals surface area contributed by atoms with Crippen molar-refractivity contribution in [3.63, 3.8) is 0 Å². The number of fused-ring (bicyclic) bond motifs is 5. The molecule has 8 heterocycles. The summed E-state index contributed by atoms with van der Waals surface area (Å²) >= 11 is 0. The van der Waals surface area contributed by atoms with Gasteiger partial charge in [0.2, 0.25) is 0 Å². The Bertz CT molecular complexity index is 2420. The molecule has 0 aliphatic carbocycles. The number of hydrogen-bond donors (Lipinski definition) is 5. The van der Waals surface area contributed by atoms with Gasteiger partial charge in [-0.25, -0.2) is 14.8 Å². The number of ether oxygens (including phenoxy) is 3. The molecule has 3 aromatic heterocycles. The number of hydrogen-bond acceptors (Lipinski definition) is 13. The van der Waals surface area contributed by atoms with Gasteiger partial charge in [0.25, 0.3) is 0 Å². The van der Waals surface area contributed by atoms with E-state index < -0.39 is 46.8 Å². The van der Waals surface area contributed by atoms with Gasteiger partial charge in [0.05, 0.1) is 35.1 Å². The largest absolute Gasteiger partial charge is 0.507 e. The number of allylic oxidation sites excluding steroid dienone is 1. The summed E-state index contributed by atoms with van der Waals surface area (Å²) in [6.45, 7) is 6.59. The van der Waals surface area contributed by atoms with E-state index in [9.17, 15) is 19.8 Å². The van der Waals surface area contributed by atoms with Crippen molar-refractivity contribution >= 4 is 34.3 Å². The quantitative estimate of drug-likeness (QED) is 0.143. The van der Waals surface area contributed by atoms with Crippen LogP contribution in [0.4, 0.5) is 11.6 Å². The van der Waals surface area contributed by atoms with Gasteiger partial charge in [-0.05, 0) is 82.4 Å². The second-order valence-electron chi connectivity index (χ2n) is 15.5. The molecule has 1 aromatic carbocycles. The van der Waals surface area contributed by atoms with Crippen LogP contribution in [0.15, 0.2) is 74.7 Å². The number of aliphatic hydroxyl groups excluding tert-OH is 1. The fourth-order valence-corrected chi connectivity index (χ4v) is 8.67. The standard InChI is InChI=1S/C40H40N6O8/c1-19-10-27(48)33-28(51-19)15-29-35(36(33)49)34-26(47)6-8-40(38(50)52-37(34)39(2,3)53-29)30(54-40)5-4-20-11-24(45-31(41)12-20)22-13-23(44-32(42)14-22)17-46-16-21-7-9-43-25(21)18-46/h7,9-16,26,30,34,37,47,49H,4-6,8,17-18H2,1-3H3,(H2,41,45)(H2,42,44)/p+1/t26-,30-,34+,37-,40-/m1/s1. The second-order valence-corrected chi connectivity index (χ2v) is 15.5. The van der Waals surface area contributed by atoms with E-state index in [1.54, 1.807) is 39.0 Å². The van der Waals surface area contributed by atoms with Crippen molar-refractivity contribution in [2.75, 3.05) is 18.0 Å². The van der Waals surface area contributed by atoms with E-state index in [-0.39, 0.29) is 40.9 Å². The van der Waals surface area contributed by atoms with E-state index >= 15 is 0 Å². The van der Waals surface area contributed by atoms with Gasteiger partial charge in [-0.15, -0.1) is 0 Å². The number of aromatic nitrogens is 2. The Morgan fingerprint density at radius 1 is 1.06 bits per heavy atom. The van der Waals surface area contributed by atoms with Gasteiger partial charge in [0, 0.05) is 29.5 Å². The maximum absolute atomic E-state index is 14.0. The molecule has 0 bridgehead atoms. The van der Waals surface area contributed by atoms with E-state index in [0.29, 0.717) is 42.5 Å². The first-order valence-corrected chi connectivity index (χ1v) is 18.2. The minimum Gasteiger partial charge on any atom is -0.507 e. The highest BCUT2D eigenvalue weighted by molar-refractivity contribution is 6.06. The third-order valence-corrected chi connectivity index (χ3v) is 11.2. The first kappa shape index (κ1) is 34.2. The number of nitrogens with two attached hydrogens (primary N) is 2. The highest BCUT2D eigenvalue weighted by atomic mass is 16.7. The molecular formula is C40H41N6O8+. The van der Waals surface area contributed by atoms with Crippen LogP contribution in [0.2, 0.25) is 0 Å². The van der Waals surface area contributed by atoms with Crippen molar-refractivity contribution in [3.8, 4) is 22.8 Å². The Hall–Kier alpha value is -5.57. The molecule has 6 atom stereocenters. The zero-order chi connectivity index (χ0) is 37.7. The van der Waals surface area contributed by atoms with Gasteiger partial charge in [-0.1, -0.05) is 0 Å². The predicted octanol–water partition coefficient (Wildman–Crippen LogP) is 2.77. The number of quaternary nitrogens is 1. The lowest BCUT2D eigenvalue weighted by atomic mass is 9.74. The zero-order valence-electron chi connectivity index (χ0n) is 30.1. The monoisotopic (exact) mass is 733 g/mol. The van der Waals surface area contributed by atoms with Crippen molar-refractivity contribution in [1.29, 1.82) is 0 Å². The molecule has 14 heteroatoms. The van der Waals surface area contributed by atoms with Crippen molar-refractivity contribution in [1.82, 2.24) is 9.97 Å². The van der Waals surface area contributed by atoms with Crippen molar-refractivity contribution in [2.45, 2.75) is 88.4 Å². The lowest BCUT2D eigenvalue weighted by molar-refractivity contribution is -0.848. The lowest BCUT2D eigenvalue weighted by Crippen LogP contribution is -3.05. The van der Waals surface area contributed by atoms with Crippen LogP contribution in [0.3, 0.4) is 0 Å². The molecule has 1 spiro atoms. The minimum atomic E-state index is -1.24. The first-order valence-electron chi connectivity index (χ1n) is 18.2. The number of esters is 1. The molecule has 0 radical (unpaired) electrons. The number of epoxide rings is 1. The molecule has 4 aromatic rings. The number of nitrogen functional groups attached to an aromatic ring is 2. The zero-order valence-corrected chi connectivity index (χ0v) is 30.1. The van der Waals surface area contributed by atoms with E-state index in [0.717, 1.165) is 34.7 Å². The van der Waals surface area contributed by atoms with Crippen molar-refractivity contribution in [3.05, 3.63) is 93.3 Å². The van der Waals surface area contributed by atoms with Crippen molar-refractivity contribution < 1.29 is 38.5 Å². The summed E-state index contributed by atoms with van der Waals surface area (Å²) in [5.41, 5.74) is 15.6. The van der Waals surface area contributed by atoms with Crippen molar-refractivity contribution in [2.24, 2.45) is 4.99 Å². The number of aliphatic imine (C=N–C) groups is 1. The summed E-state index contributed by atoms with van der Waals surface area (Å²) in [6, 6.07) is 10.4. The Morgan fingerprint density at radius 2 is 1.87 bits per heavy atom.